The van der Waals surface area contributed by atoms with Gasteiger partial charge in [-0.1, -0.05) is 53.2 Å². The molecule has 2 N–H and O–H groups in total. The molecule has 5 nitrogen and oxygen atoms in total. The predicted octanol–water partition coefficient (Wildman–Crippen LogP) is 4.83. The van der Waals surface area contributed by atoms with Gasteiger partial charge in [0.2, 0.25) is 0 Å². The molecule has 0 aliphatic rings. The van der Waals surface area contributed by atoms with Crippen LogP contribution in [0.15, 0.2) is 69.7 Å². The Bertz CT molecular complexity index is 1030. The summed E-state index contributed by atoms with van der Waals surface area (Å²) in [7, 11) is 3.58. The first-order valence-electron chi connectivity index (χ1n) is 8.88. The van der Waals surface area contributed by atoms with Gasteiger partial charge < -0.3 is 15.2 Å². The molecule has 1 heterocycles. The molecule has 0 fully saturated rings. The van der Waals surface area contributed by atoms with Crippen molar-refractivity contribution in [3.63, 3.8) is 0 Å². The molecule has 3 aromatic rings. The topological polar surface area (TPSA) is 67.7 Å². The van der Waals surface area contributed by atoms with Crippen LogP contribution in [0, 0.1) is 5.82 Å². The highest BCUT2D eigenvalue weighted by molar-refractivity contribution is 5.83. The summed E-state index contributed by atoms with van der Waals surface area (Å²) in [6.45, 7) is 3.88. The monoisotopic (exact) mass is 378 g/mol. The van der Waals surface area contributed by atoms with Gasteiger partial charge in [-0.15, -0.1) is 0 Å². The second kappa shape index (κ2) is 8.08. The Balaban J connectivity index is 1.99. The van der Waals surface area contributed by atoms with Crippen LogP contribution in [-0.4, -0.2) is 30.1 Å². The van der Waals surface area contributed by atoms with Crippen LogP contribution in [0.5, 0.6) is 0 Å². The molecule has 3 rings (SSSR count). The molecular weight excluding hydrogens is 355 g/mol. The van der Waals surface area contributed by atoms with E-state index in [9.17, 15) is 4.39 Å². The summed E-state index contributed by atoms with van der Waals surface area (Å²) in [5, 5.41) is 3.96. The minimum absolute atomic E-state index is 0.294. The number of aliphatic imine (C=N–C) groups is 1. The molecule has 1 aromatic heterocycles. The number of allylic oxidation sites excluding steroid dienone is 1. The standard InChI is InChI=1S/C22H23FN4O/c1-14(2)21(19-13-20(26-28-19)25-22(24)27(3)4)16-10-11-17(18(23)12-16)15-8-6-5-7-9-15/h5-13H,1-4H3,(H2,24,25,26). The van der Waals surface area contributed by atoms with Gasteiger partial charge in [0.15, 0.2) is 17.5 Å². The molecule has 0 amide bonds. The quantitative estimate of drug-likeness (QED) is 0.521. The van der Waals surface area contributed by atoms with Gasteiger partial charge in [-0.25, -0.2) is 4.39 Å². The number of nitrogens with two attached hydrogens (primary N) is 1. The van der Waals surface area contributed by atoms with Crippen LogP contribution in [0.25, 0.3) is 16.7 Å². The van der Waals surface area contributed by atoms with E-state index < -0.39 is 0 Å². The Kier molecular flexibility index (Phi) is 5.59. The predicted molar refractivity (Wildman–Crippen MR) is 111 cm³/mol. The number of halogens is 1. The Morgan fingerprint density at radius 1 is 1.07 bits per heavy atom. The molecule has 0 saturated heterocycles. The lowest BCUT2D eigenvalue weighted by atomic mass is 9.96. The molecule has 6 heteroatoms. The van der Waals surface area contributed by atoms with E-state index in [2.05, 4.69) is 10.1 Å². The average Bonchev–Trinajstić information content (AvgIpc) is 3.10. The molecule has 0 saturated carbocycles. The summed E-state index contributed by atoms with van der Waals surface area (Å²) < 4.78 is 20.3. The minimum Gasteiger partial charge on any atom is -0.369 e. The van der Waals surface area contributed by atoms with Gasteiger partial charge in [0.05, 0.1) is 0 Å². The van der Waals surface area contributed by atoms with Crippen molar-refractivity contribution in [2.75, 3.05) is 14.1 Å². The number of nitrogens with zero attached hydrogens (tertiary/aromatic N) is 3. The number of guanidine groups is 1. The number of benzene rings is 2. The normalized spacial score (nSPS) is 11.4. The summed E-state index contributed by atoms with van der Waals surface area (Å²) >= 11 is 0. The van der Waals surface area contributed by atoms with Crippen LogP contribution in [0.4, 0.5) is 10.2 Å². The molecular formula is C22H23FN4O. The first-order valence-corrected chi connectivity index (χ1v) is 8.88. The summed E-state index contributed by atoms with van der Waals surface area (Å²) in [4.78, 5) is 5.88. The van der Waals surface area contributed by atoms with Gasteiger partial charge in [0.1, 0.15) is 5.82 Å². The van der Waals surface area contributed by atoms with Gasteiger partial charge in [0.25, 0.3) is 0 Å². The van der Waals surface area contributed by atoms with Crippen LogP contribution < -0.4 is 5.73 Å². The van der Waals surface area contributed by atoms with Crippen LogP contribution >= 0.6 is 0 Å². The highest BCUT2D eigenvalue weighted by Crippen LogP contribution is 2.32. The fraction of sp³-hybridized carbons (Fsp3) is 0.182. The van der Waals surface area contributed by atoms with E-state index in [-0.39, 0.29) is 5.82 Å². The second-order valence-electron chi connectivity index (χ2n) is 6.85. The number of hydrogen-bond donors (Lipinski definition) is 1. The zero-order valence-corrected chi connectivity index (χ0v) is 16.4. The van der Waals surface area contributed by atoms with Gasteiger partial charge in [0, 0.05) is 31.3 Å². The van der Waals surface area contributed by atoms with Gasteiger partial charge >= 0.3 is 0 Å². The molecule has 0 aliphatic carbocycles. The van der Waals surface area contributed by atoms with Gasteiger partial charge in [-0.05, 0) is 31.0 Å². The fourth-order valence-corrected chi connectivity index (χ4v) is 2.85. The maximum atomic E-state index is 14.8. The Hall–Kier alpha value is -3.41. The second-order valence-corrected chi connectivity index (χ2v) is 6.85. The Morgan fingerprint density at radius 2 is 1.79 bits per heavy atom. The molecule has 2 aromatic carbocycles. The number of rotatable bonds is 4. The van der Waals surface area contributed by atoms with Crippen molar-refractivity contribution in [3.05, 3.63) is 77.3 Å². The van der Waals surface area contributed by atoms with E-state index in [1.54, 1.807) is 31.1 Å². The highest BCUT2D eigenvalue weighted by Gasteiger charge is 2.16. The molecule has 0 bridgehead atoms. The van der Waals surface area contributed by atoms with E-state index >= 15 is 0 Å². The molecule has 0 radical (unpaired) electrons. The van der Waals surface area contributed by atoms with Crippen LogP contribution in [0.3, 0.4) is 0 Å². The summed E-state index contributed by atoms with van der Waals surface area (Å²) in [6, 6.07) is 16.3. The summed E-state index contributed by atoms with van der Waals surface area (Å²) in [5.41, 5.74) is 9.68. The maximum Gasteiger partial charge on any atom is 0.199 e. The first kappa shape index (κ1) is 19.4. The zero-order valence-electron chi connectivity index (χ0n) is 16.4. The lowest BCUT2D eigenvalue weighted by molar-refractivity contribution is 0.412. The van der Waals surface area contributed by atoms with Crippen molar-refractivity contribution in [2.24, 2.45) is 10.7 Å². The molecule has 0 unspecified atom stereocenters. The van der Waals surface area contributed by atoms with Crippen LogP contribution in [-0.2, 0) is 0 Å². The number of hydrogen-bond acceptors (Lipinski definition) is 3. The highest BCUT2D eigenvalue weighted by atomic mass is 19.1. The zero-order chi connectivity index (χ0) is 20.3. The third-order valence-electron chi connectivity index (χ3n) is 4.27. The third-order valence-corrected chi connectivity index (χ3v) is 4.27. The number of aromatic nitrogens is 1. The summed E-state index contributed by atoms with van der Waals surface area (Å²) in [5.74, 6) is 0.896. The van der Waals surface area contributed by atoms with Crippen LogP contribution in [0.2, 0.25) is 0 Å². The van der Waals surface area contributed by atoms with Crippen molar-refractivity contribution in [1.29, 1.82) is 0 Å². The molecule has 144 valence electrons. The van der Waals surface area contributed by atoms with Crippen molar-refractivity contribution < 1.29 is 8.91 Å². The van der Waals surface area contributed by atoms with Gasteiger partial charge in [-0.3, -0.25) is 0 Å². The van der Waals surface area contributed by atoms with Gasteiger partial charge in [-0.2, -0.15) is 4.99 Å². The SMILES string of the molecule is CC(C)=C(c1ccc(-c2ccccc2)c(F)c1)c1cc(N=C(N)N(C)C)no1. The molecule has 0 aliphatic heterocycles. The minimum atomic E-state index is -0.294. The van der Waals surface area contributed by atoms with E-state index in [0.29, 0.717) is 28.7 Å². The van der Waals surface area contributed by atoms with E-state index in [4.69, 9.17) is 10.3 Å². The molecule has 0 atom stereocenters. The fourth-order valence-electron chi connectivity index (χ4n) is 2.85. The Labute approximate surface area is 164 Å². The van der Waals surface area contributed by atoms with Crippen LogP contribution in [0.1, 0.15) is 25.2 Å². The van der Waals surface area contributed by atoms with E-state index in [0.717, 1.165) is 16.7 Å². The maximum absolute atomic E-state index is 14.8. The average molecular weight is 378 g/mol. The van der Waals surface area contributed by atoms with E-state index in [1.165, 1.54) is 6.07 Å². The molecule has 0 spiro atoms. The lowest BCUT2D eigenvalue weighted by Crippen LogP contribution is -2.29. The van der Waals surface area contributed by atoms with Crippen molar-refractivity contribution in [3.8, 4) is 11.1 Å². The van der Waals surface area contributed by atoms with Crippen molar-refractivity contribution >= 4 is 17.4 Å². The smallest absolute Gasteiger partial charge is 0.199 e. The lowest BCUT2D eigenvalue weighted by Gasteiger charge is -2.10. The molecule has 28 heavy (non-hydrogen) atoms. The third kappa shape index (κ3) is 4.11. The summed E-state index contributed by atoms with van der Waals surface area (Å²) in [6.07, 6.45) is 0. The van der Waals surface area contributed by atoms with Crippen molar-refractivity contribution in [1.82, 2.24) is 10.1 Å². The largest absolute Gasteiger partial charge is 0.369 e. The Morgan fingerprint density at radius 3 is 2.39 bits per heavy atom. The van der Waals surface area contributed by atoms with E-state index in [1.807, 2.05) is 50.2 Å². The van der Waals surface area contributed by atoms with Crippen molar-refractivity contribution in [2.45, 2.75) is 13.8 Å². The first-order chi connectivity index (χ1) is 13.4.